The molecule has 0 N–H and O–H groups in total. The minimum absolute atomic E-state index is 0.0604. The molecule has 0 saturated carbocycles. The van der Waals surface area contributed by atoms with Gasteiger partial charge in [-0.2, -0.15) is 0 Å². The third kappa shape index (κ3) is 65.2. The number of hydrogen-bond acceptors (Lipinski definition) is 6. The summed E-state index contributed by atoms with van der Waals surface area (Å²) in [5.41, 5.74) is 0. The monoisotopic (exact) mass is 1100 g/mol. The number of rotatable bonds is 68. The molecule has 6 heteroatoms. The van der Waals surface area contributed by atoms with Crippen molar-refractivity contribution >= 4 is 17.9 Å². The smallest absolute Gasteiger partial charge is 0.306 e. The maximum Gasteiger partial charge on any atom is 0.306 e. The second-order valence-electron chi connectivity index (χ2n) is 24.9. The quantitative estimate of drug-likeness (QED) is 0.0343. The highest BCUT2D eigenvalue weighted by Gasteiger charge is 2.20. The summed E-state index contributed by atoms with van der Waals surface area (Å²) in [6, 6.07) is 0. The first-order valence-corrected chi connectivity index (χ1v) is 36.0. The molecule has 1 atom stereocenters. The maximum atomic E-state index is 12.9. The molecule has 464 valence electrons. The largest absolute Gasteiger partial charge is 0.462 e. The van der Waals surface area contributed by atoms with Crippen molar-refractivity contribution in [3.05, 3.63) is 0 Å². The van der Waals surface area contributed by atoms with Crippen molar-refractivity contribution in [2.75, 3.05) is 13.2 Å². The van der Waals surface area contributed by atoms with Crippen LogP contribution in [0.1, 0.15) is 425 Å². The zero-order valence-corrected chi connectivity index (χ0v) is 53.5. The summed E-state index contributed by atoms with van der Waals surface area (Å²) in [5, 5.41) is 0. The SMILES string of the molecule is CCCCCCCCCCCCCCCCCCCCCCCCCCCCCC(=O)OCC(COC(=O)CCCCCCCCCCCCC)OC(=O)CCCCCCCCCCCCCCCCCCCCCCCC. The second-order valence-corrected chi connectivity index (χ2v) is 24.9. The Labute approximate surface area is 488 Å². The van der Waals surface area contributed by atoms with Gasteiger partial charge in [-0.1, -0.05) is 387 Å². The minimum atomic E-state index is -0.763. The molecule has 0 radical (unpaired) electrons. The molecule has 0 fully saturated rings. The lowest BCUT2D eigenvalue weighted by molar-refractivity contribution is -0.167. The summed E-state index contributed by atoms with van der Waals surface area (Å²) < 4.78 is 17.0. The van der Waals surface area contributed by atoms with Crippen LogP contribution in [0.15, 0.2) is 0 Å². The summed E-state index contributed by atoms with van der Waals surface area (Å²) >= 11 is 0. The molecule has 0 bridgehead atoms. The van der Waals surface area contributed by atoms with Gasteiger partial charge in [-0.15, -0.1) is 0 Å². The van der Waals surface area contributed by atoms with Gasteiger partial charge in [0, 0.05) is 19.3 Å². The molecule has 0 amide bonds. The minimum Gasteiger partial charge on any atom is -0.462 e. The fourth-order valence-corrected chi connectivity index (χ4v) is 11.5. The van der Waals surface area contributed by atoms with Crippen LogP contribution in [0.4, 0.5) is 0 Å². The van der Waals surface area contributed by atoms with Gasteiger partial charge in [0.2, 0.25) is 0 Å². The molecule has 0 aromatic rings. The van der Waals surface area contributed by atoms with Gasteiger partial charge in [0.15, 0.2) is 6.10 Å². The number of carbonyl (C=O) groups excluding carboxylic acids is 3. The highest BCUT2D eigenvalue weighted by Crippen LogP contribution is 2.20. The average molecular weight is 1100 g/mol. The average Bonchev–Trinajstić information content (AvgIpc) is 3.44. The molecular weight excluding hydrogens is 961 g/mol. The zero-order valence-electron chi connectivity index (χ0n) is 53.5. The number of ether oxygens (including phenoxy) is 3. The van der Waals surface area contributed by atoms with Crippen molar-refractivity contribution in [3.8, 4) is 0 Å². The predicted molar refractivity (Wildman–Crippen MR) is 340 cm³/mol. The fourth-order valence-electron chi connectivity index (χ4n) is 11.5. The van der Waals surface area contributed by atoms with E-state index in [1.165, 1.54) is 327 Å². The van der Waals surface area contributed by atoms with E-state index in [1.807, 2.05) is 0 Å². The van der Waals surface area contributed by atoms with Crippen LogP contribution in [0.25, 0.3) is 0 Å². The first-order chi connectivity index (χ1) is 38.5. The fraction of sp³-hybridized carbons (Fsp3) is 0.958. The summed E-state index contributed by atoms with van der Waals surface area (Å²) in [4.78, 5) is 38.4. The number of carbonyl (C=O) groups is 3. The van der Waals surface area contributed by atoms with Crippen molar-refractivity contribution in [2.45, 2.75) is 431 Å². The molecule has 0 rings (SSSR count). The highest BCUT2D eigenvalue weighted by molar-refractivity contribution is 5.71. The van der Waals surface area contributed by atoms with Crippen LogP contribution in [-0.2, 0) is 28.6 Å². The van der Waals surface area contributed by atoms with E-state index >= 15 is 0 Å². The molecule has 78 heavy (non-hydrogen) atoms. The number of unbranched alkanes of at least 4 members (excludes halogenated alkanes) is 57. The number of hydrogen-bond donors (Lipinski definition) is 0. The molecule has 1 unspecified atom stereocenters. The Balaban J connectivity index is 4.12. The topological polar surface area (TPSA) is 78.9 Å². The highest BCUT2D eigenvalue weighted by atomic mass is 16.6. The van der Waals surface area contributed by atoms with Crippen molar-refractivity contribution in [1.82, 2.24) is 0 Å². The van der Waals surface area contributed by atoms with Crippen LogP contribution >= 0.6 is 0 Å². The Morgan fingerprint density at radius 1 is 0.205 bits per heavy atom. The van der Waals surface area contributed by atoms with E-state index in [0.29, 0.717) is 19.3 Å². The Morgan fingerprint density at radius 2 is 0.346 bits per heavy atom. The molecule has 6 nitrogen and oxygen atoms in total. The maximum absolute atomic E-state index is 12.9. The van der Waals surface area contributed by atoms with Gasteiger partial charge < -0.3 is 14.2 Å². The van der Waals surface area contributed by atoms with E-state index in [1.54, 1.807) is 0 Å². The van der Waals surface area contributed by atoms with E-state index in [0.717, 1.165) is 57.8 Å². The van der Waals surface area contributed by atoms with Crippen molar-refractivity contribution in [2.24, 2.45) is 0 Å². The molecule has 0 aromatic heterocycles. The van der Waals surface area contributed by atoms with Crippen LogP contribution < -0.4 is 0 Å². The molecule has 0 aliphatic heterocycles. The van der Waals surface area contributed by atoms with Crippen molar-refractivity contribution in [3.63, 3.8) is 0 Å². The van der Waals surface area contributed by atoms with Crippen molar-refractivity contribution < 1.29 is 28.6 Å². The standard InChI is InChI=1S/C72H140O6/c1-4-7-10-13-16-19-22-24-26-28-30-32-34-35-36-37-38-40-41-43-45-47-50-53-56-59-62-65-71(74)77-68-69(67-76-70(73)64-61-58-55-52-49-21-18-15-12-9-6-3)78-72(75)66-63-60-57-54-51-48-46-44-42-39-33-31-29-27-25-23-20-17-14-11-8-5-2/h69H,4-68H2,1-3H3. The van der Waals surface area contributed by atoms with Crippen LogP contribution in [0.2, 0.25) is 0 Å². The molecule has 0 spiro atoms. The molecule has 0 saturated heterocycles. The van der Waals surface area contributed by atoms with E-state index in [2.05, 4.69) is 20.8 Å². The van der Waals surface area contributed by atoms with E-state index in [4.69, 9.17) is 14.2 Å². The first-order valence-electron chi connectivity index (χ1n) is 36.0. The van der Waals surface area contributed by atoms with Crippen LogP contribution in [0.3, 0.4) is 0 Å². The third-order valence-corrected chi connectivity index (χ3v) is 16.9. The van der Waals surface area contributed by atoms with Gasteiger partial charge in [-0.25, -0.2) is 0 Å². The lowest BCUT2D eigenvalue weighted by atomic mass is 10.0. The predicted octanol–water partition coefficient (Wildman–Crippen LogP) is 24.6. The zero-order chi connectivity index (χ0) is 56.4. The van der Waals surface area contributed by atoms with Gasteiger partial charge in [0.1, 0.15) is 13.2 Å². The van der Waals surface area contributed by atoms with E-state index in [-0.39, 0.29) is 31.1 Å². The van der Waals surface area contributed by atoms with E-state index in [9.17, 15) is 14.4 Å². The lowest BCUT2D eigenvalue weighted by Crippen LogP contribution is -2.30. The van der Waals surface area contributed by atoms with E-state index < -0.39 is 6.10 Å². The van der Waals surface area contributed by atoms with Crippen molar-refractivity contribution in [1.29, 1.82) is 0 Å². The Morgan fingerprint density at radius 3 is 0.513 bits per heavy atom. The summed E-state index contributed by atoms with van der Waals surface area (Å²) in [6.07, 6.45) is 80.1. The first kappa shape index (κ1) is 76.4. The van der Waals surface area contributed by atoms with Gasteiger partial charge >= 0.3 is 17.9 Å². The van der Waals surface area contributed by atoms with Gasteiger partial charge in [0.25, 0.3) is 0 Å². The number of esters is 3. The summed E-state index contributed by atoms with van der Waals surface area (Å²) in [6.45, 7) is 6.73. The molecule has 0 aliphatic carbocycles. The second kappa shape index (κ2) is 67.9. The summed E-state index contributed by atoms with van der Waals surface area (Å²) in [7, 11) is 0. The lowest BCUT2D eigenvalue weighted by Gasteiger charge is -2.18. The third-order valence-electron chi connectivity index (χ3n) is 16.9. The van der Waals surface area contributed by atoms with Crippen LogP contribution in [-0.4, -0.2) is 37.2 Å². The van der Waals surface area contributed by atoms with Gasteiger partial charge in [-0.3, -0.25) is 14.4 Å². The van der Waals surface area contributed by atoms with Gasteiger partial charge in [0.05, 0.1) is 0 Å². The molecule has 0 heterocycles. The normalized spacial score (nSPS) is 11.9. The molecular formula is C72H140O6. The Bertz CT molecular complexity index is 1170. The Kier molecular flexibility index (Phi) is 66.5. The van der Waals surface area contributed by atoms with Gasteiger partial charge in [-0.05, 0) is 19.3 Å². The molecule has 0 aliphatic rings. The van der Waals surface area contributed by atoms with Crippen LogP contribution in [0.5, 0.6) is 0 Å². The summed E-state index contributed by atoms with van der Waals surface area (Å²) in [5.74, 6) is -0.822. The Hall–Kier alpha value is -1.59. The van der Waals surface area contributed by atoms with Crippen LogP contribution in [0, 0.1) is 0 Å². The molecule has 0 aromatic carbocycles.